The highest BCUT2D eigenvalue weighted by molar-refractivity contribution is 5.70. The van der Waals surface area contributed by atoms with Crippen LogP contribution in [-0.2, 0) is 0 Å². The average Bonchev–Trinajstić information content (AvgIpc) is 2.43. The lowest BCUT2D eigenvalue weighted by atomic mass is 10.1. The van der Waals surface area contributed by atoms with Crippen molar-refractivity contribution < 1.29 is 18.1 Å². The van der Waals surface area contributed by atoms with Gasteiger partial charge in [-0.3, -0.25) is 10.1 Å². The van der Waals surface area contributed by atoms with Crippen LogP contribution in [-0.4, -0.2) is 21.4 Å². The van der Waals surface area contributed by atoms with Crippen LogP contribution in [0, 0.1) is 27.6 Å². The van der Waals surface area contributed by atoms with Gasteiger partial charge in [0.1, 0.15) is 12.0 Å². The molecule has 0 saturated heterocycles. The molecule has 2 rings (SSSR count). The standard InChI is InChI=1S/C12H9F3N4O2/c1-2-16-12-17-5-10(19(20)21)11(18-12)6-3-8(14)9(15)4-7(6)13/h3-5H,2H2,1H3,(H,16,17,18). The molecule has 0 spiro atoms. The highest BCUT2D eigenvalue weighted by atomic mass is 19.2. The van der Waals surface area contributed by atoms with Crippen molar-refractivity contribution in [2.45, 2.75) is 6.92 Å². The van der Waals surface area contributed by atoms with E-state index in [1.165, 1.54) is 0 Å². The predicted octanol–water partition coefficient (Wildman–Crippen LogP) is 2.90. The molecule has 1 heterocycles. The van der Waals surface area contributed by atoms with E-state index >= 15 is 0 Å². The topological polar surface area (TPSA) is 81.0 Å². The molecule has 1 aromatic heterocycles. The number of rotatable bonds is 4. The summed E-state index contributed by atoms with van der Waals surface area (Å²) in [6.45, 7) is 2.17. The maximum absolute atomic E-state index is 13.8. The van der Waals surface area contributed by atoms with Crippen LogP contribution in [0.1, 0.15) is 6.92 Å². The van der Waals surface area contributed by atoms with Crippen LogP contribution in [0.15, 0.2) is 18.3 Å². The molecule has 0 fully saturated rings. The summed E-state index contributed by atoms with van der Waals surface area (Å²) in [6.07, 6.45) is 0.876. The molecule has 0 atom stereocenters. The number of nitrogens with one attached hydrogen (secondary N) is 1. The monoisotopic (exact) mass is 298 g/mol. The Morgan fingerprint density at radius 3 is 2.52 bits per heavy atom. The first-order chi connectivity index (χ1) is 9.93. The minimum absolute atomic E-state index is 0.0160. The molecule has 0 unspecified atom stereocenters. The highest BCUT2D eigenvalue weighted by Crippen LogP contribution is 2.31. The second-order valence-corrected chi connectivity index (χ2v) is 3.96. The van der Waals surface area contributed by atoms with Crippen molar-refractivity contribution >= 4 is 11.6 Å². The van der Waals surface area contributed by atoms with E-state index in [9.17, 15) is 23.3 Å². The Hall–Kier alpha value is -2.71. The van der Waals surface area contributed by atoms with Gasteiger partial charge < -0.3 is 5.32 Å². The van der Waals surface area contributed by atoms with Gasteiger partial charge in [-0.25, -0.2) is 23.1 Å². The van der Waals surface area contributed by atoms with E-state index in [-0.39, 0.29) is 5.95 Å². The van der Waals surface area contributed by atoms with E-state index in [4.69, 9.17) is 0 Å². The summed E-state index contributed by atoms with van der Waals surface area (Å²) in [5.41, 5.74) is -1.55. The second-order valence-electron chi connectivity index (χ2n) is 3.96. The summed E-state index contributed by atoms with van der Waals surface area (Å²) in [6, 6.07) is 0.832. The third-order valence-electron chi connectivity index (χ3n) is 2.57. The highest BCUT2D eigenvalue weighted by Gasteiger charge is 2.23. The van der Waals surface area contributed by atoms with Gasteiger partial charge in [-0.15, -0.1) is 0 Å². The summed E-state index contributed by atoms with van der Waals surface area (Å²) in [4.78, 5) is 17.6. The molecule has 0 aliphatic heterocycles. The van der Waals surface area contributed by atoms with Crippen LogP contribution in [0.3, 0.4) is 0 Å². The second kappa shape index (κ2) is 5.73. The molecule has 0 bridgehead atoms. The smallest absolute Gasteiger partial charge is 0.313 e. The Kier molecular flexibility index (Phi) is 4.01. The number of hydrogen-bond acceptors (Lipinski definition) is 5. The zero-order valence-corrected chi connectivity index (χ0v) is 10.7. The molecular formula is C12H9F3N4O2. The fourth-order valence-corrected chi connectivity index (χ4v) is 1.65. The maximum Gasteiger partial charge on any atom is 0.313 e. The van der Waals surface area contributed by atoms with Crippen LogP contribution in [0.25, 0.3) is 11.3 Å². The van der Waals surface area contributed by atoms with Crippen molar-refractivity contribution in [1.29, 1.82) is 0 Å². The lowest BCUT2D eigenvalue weighted by Crippen LogP contribution is -2.06. The van der Waals surface area contributed by atoms with Crippen molar-refractivity contribution in [2.24, 2.45) is 0 Å². The fraction of sp³-hybridized carbons (Fsp3) is 0.167. The molecule has 110 valence electrons. The Morgan fingerprint density at radius 1 is 1.24 bits per heavy atom. The Morgan fingerprint density at radius 2 is 1.90 bits per heavy atom. The van der Waals surface area contributed by atoms with Crippen LogP contribution < -0.4 is 5.32 Å². The van der Waals surface area contributed by atoms with Crippen molar-refractivity contribution in [1.82, 2.24) is 9.97 Å². The van der Waals surface area contributed by atoms with Gasteiger partial charge in [0.2, 0.25) is 5.95 Å². The number of nitrogens with zero attached hydrogens (tertiary/aromatic N) is 3. The first-order valence-electron chi connectivity index (χ1n) is 5.84. The van der Waals surface area contributed by atoms with Crippen LogP contribution >= 0.6 is 0 Å². The lowest BCUT2D eigenvalue weighted by molar-refractivity contribution is -0.384. The number of nitro groups is 1. The normalized spacial score (nSPS) is 10.5. The van der Waals surface area contributed by atoms with Gasteiger partial charge in [0.05, 0.1) is 4.92 Å². The SMILES string of the molecule is CCNc1ncc([N+](=O)[O-])c(-c2cc(F)c(F)cc2F)n1. The number of anilines is 1. The summed E-state index contributed by atoms with van der Waals surface area (Å²) in [7, 11) is 0. The van der Waals surface area contributed by atoms with Gasteiger partial charge >= 0.3 is 5.69 Å². The quantitative estimate of drug-likeness (QED) is 0.533. The number of aromatic nitrogens is 2. The lowest BCUT2D eigenvalue weighted by Gasteiger charge is -2.07. The summed E-state index contributed by atoms with van der Waals surface area (Å²) >= 11 is 0. The van der Waals surface area contributed by atoms with Crippen molar-refractivity contribution in [3.8, 4) is 11.3 Å². The third kappa shape index (κ3) is 2.91. The van der Waals surface area contributed by atoms with Gasteiger partial charge in [0.25, 0.3) is 0 Å². The molecule has 9 heteroatoms. The van der Waals surface area contributed by atoms with E-state index < -0.39 is 39.3 Å². The minimum atomic E-state index is -1.39. The average molecular weight is 298 g/mol. The molecular weight excluding hydrogens is 289 g/mol. The number of halogens is 3. The summed E-state index contributed by atoms with van der Waals surface area (Å²) in [5.74, 6) is -3.86. The number of hydrogen-bond donors (Lipinski definition) is 1. The molecule has 0 aliphatic rings. The van der Waals surface area contributed by atoms with Crippen molar-refractivity contribution in [3.63, 3.8) is 0 Å². The molecule has 0 radical (unpaired) electrons. The van der Waals surface area contributed by atoms with Crippen molar-refractivity contribution in [3.05, 3.63) is 45.9 Å². The van der Waals surface area contributed by atoms with E-state index in [0.29, 0.717) is 18.7 Å². The van der Waals surface area contributed by atoms with E-state index in [2.05, 4.69) is 15.3 Å². The van der Waals surface area contributed by atoms with Gasteiger partial charge in [0.15, 0.2) is 17.3 Å². The Labute approximate surface area is 116 Å². The van der Waals surface area contributed by atoms with Gasteiger partial charge in [-0.2, -0.15) is 0 Å². The molecule has 1 N–H and O–H groups in total. The first-order valence-corrected chi connectivity index (χ1v) is 5.84. The van der Waals surface area contributed by atoms with E-state index in [1.807, 2.05) is 0 Å². The molecule has 0 saturated carbocycles. The predicted molar refractivity (Wildman–Crippen MR) is 68.2 cm³/mol. The molecule has 21 heavy (non-hydrogen) atoms. The first kappa shape index (κ1) is 14.7. The molecule has 6 nitrogen and oxygen atoms in total. The van der Waals surface area contributed by atoms with Gasteiger partial charge in [-0.1, -0.05) is 0 Å². The molecule has 0 aliphatic carbocycles. The molecule has 1 aromatic carbocycles. The van der Waals surface area contributed by atoms with Crippen molar-refractivity contribution in [2.75, 3.05) is 11.9 Å². The zero-order chi connectivity index (χ0) is 15.6. The number of benzene rings is 1. The molecule has 2 aromatic rings. The Bertz CT molecular complexity index is 709. The van der Waals surface area contributed by atoms with Gasteiger partial charge in [-0.05, 0) is 13.0 Å². The zero-order valence-electron chi connectivity index (χ0n) is 10.7. The van der Waals surface area contributed by atoms with Crippen LogP contribution in [0.2, 0.25) is 0 Å². The van der Waals surface area contributed by atoms with E-state index in [0.717, 1.165) is 6.20 Å². The third-order valence-corrected chi connectivity index (χ3v) is 2.57. The Balaban J connectivity index is 2.68. The van der Waals surface area contributed by atoms with E-state index in [1.54, 1.807) is 6.92 Å². The molecule has 0 amide bonds. The fourth-order valence-electron chi connectivity index (χ4n) is 1.65. The van der Waals surface area contributed by atoms with Crippen LogP contribution in [0.4, 0.5) is 24.8 Å². The summed E-state index contributed by atoms with van der Waals surface area (Å²) < 4.78 is 40.0. The maximum atomic E-state index is 13.8. The van der Waals surface area contributed by atoms with Crippen LogP contribution in [0.5, 0.6) is 0 Å². The van der Waals surface area contributed by atoms with Gasteiger partial charge in [0, 0.05) is 18.2 Å². The minimum Gasteiger partial charge on any atom is -0.354 e. The largest absolute Gasteiger partial charge is 0.354 e. The summed E-state index contributed by atoms with van der Waals surface area (Å²) in [5, 5.41) is 13.6.